The Morgan fingerprint density at radius 1 is 1.25 bits per heavy atom. The van der Waals surface area contributed by atoms with Crippen molar-refractivity contribution in [2.75, 3.05) is 19.6 Å². The number of nitrogens with one attached hydrogen (secondary N) is 1. The standard InChI is InChI=1S/C20H24N2O2/c1-16-6-8-17(9-7-16)10-11-20(23)21-15-18(19-5-4-14-24-19)22-12-2-3-13-22/h4-11,14,18H,2-3,12-13,15H2,1H3,(H,21,23). The monoisotopic (exact) mass is 324 g/mol. The fourth-order valence-corrected chi connectivity index (χ4v) is 3.05. The van der Waals surface area contributed by atoms with Crippen molar-refractivity contribution in [3.63, 3.8) is 0 Å². The largest absolute Gasteiger partial charge is 0.468 e. The Balaban J connectivity index is 1.57. The summed E-state index contributed by atoms with van der Waals surface area (Å²) >= 11 is 0. The summed E-state index contributed by atoms with van der Waals surface area (Å²) in [5.74, 6) is 0.839. The number of carbonyl (C=O) groups is 1. The Kier molecular flexibility index (Phi) is 5.49. The van der Waals surface area contributed by atoms with Gasteiger partial charge in [-0.2, -0.15) is 0 Å². The number of hydrogen-bond acceptors (Lipinski definition) is 3. The highest BCUT2D eigenvalue weighted by Crippen LogP contribution is 2.24. The van der Waals surface area contributed by atoms with E-state index in [9.17, 15) is 4.79 Å². The molecule has 1 saturated heterocycles. The van der Waals surface area contributed by atoms with E-state index >= 15 is 0 Å². The number of carbonyl (C=O) groups excluding carboxylic acids is 1. The highest BCUT2D eigenvalue weighted by atomic mass is 16.3. The summed E-state index contributed by atoms with van der Waals surface area (Å²) in [7, 11) is 0. The lowest BCUT2D eigenvalue weighted by molar-refractivity contribution is -0.116. The van der Waals surface area contributed by atoms with E-state index in [1.807, 2.05) is 49.4 Å². The van der Waals surface area contributed by atoms with Gasteiger partial charge in [-0.25, -0.2) is 0 Å². The molecule has 24 heavy (non-hydrogen) atoms. The SMILES string of the molecule is Cc1ccc(C=CC(=O)NCC(c2ccco2)N2CCCC2)cc1. The van der Waals surface area contributed by atoms with Crippen LogP contribution in [0.25, 0.3) is 6.08 Å². The fourth-order valence-electron chi connectivity index (χ4n) is 3.05. The molecule has 1 aromatic heterocycles. The average molecular weight is 324 g/mol. The molecule has 3 rings (SSSR count). The van der Waals surface area contributed by atoms with Crippen LogP contribution in [0.15, 0.2) is 53.2 Å². The highest BCUT2D eigenvalue weighted by Gasteiger charge is 2.25. The molecule has 0 radical (unpaired) electrons. The molecule has 4 heteroatoms. The second-order valence-corrected chi connectivity index (χ2v) is 6.26. The third-order valence-electron chi connectivity index (χ3n) is 4.43. The van der Waals surface area contributed by atoms with E-state index in [-0.39, 0.29) is 11.9 Å². The minimum Gasteiger partial charge on any atom is -0.468 e. The van der Waals surface area contributed by atoms with E-state index in [0.717, 1.165) is 24.4 Å². The van der Waals surface area contributed by atoms with Crippen LogP contribution < -0.4 is 5.32 Å². The van der Waals surface area contributed by atoms with Crippen LogP contribution in [0.5, 0.6) is 0 Å². The quantitative estimate of drug-likeness (QED) is 0.827. The van der Waals surface area contributed by atoms with Crippen LogP contribution in [-0.4, -0.2) is 30.4 Å². The van der Waals surface area contributed by atoms with Crippen LogP contribution in [0.2, 0.25) is 0 Å². The number of amides is 1. The number of hydrogen-bond donors (Lipinski definition) is 1. The van der Waals surface area contributed by atoms with Crippen LogP contribution in [-0.2, 0) is 4.79 Å². The lowest BCUT2D eigenvalue weighted by Crippen LogP contribution is -2.36. The Hall–Kier alpha value is -2.33. The van der Waals surface area contributed by atoms with E-state index < -0.39 is 0 Å². The maximum Gasteiger partial charge on any atom is 0.244 e. The Labute approximate surface area is 143 Å². The first-order valence-electron chi connectivity index (χ1n) is 8.52. The van der Waals surface area contributed by atoms with Gasteiger partial charge < -0.3 is 9.73 Å². The van der Waals surface area contributed by atoms with E-state index in [1.165, 1.54) is 18.4 Å². The van der Waals surface area contributed by atoms with Crippen molar-refractivity contribution in [2.24, 2.45) is 0 Å². The summed E-state index contributed by atoms with van der Waals surface area (Å²) in [6.45, 7) is 4.72. The first-order chi connectivity index (χ1) is 11.7. The summed E-state index contributed by atoms with van der Waals surface area (Å²) in [5.41, 5.74) is 2.24. The molecular formula is C20H24N2O2. The van der Waals surface area contributed by atoms with Crippen molar-refractivity contribution in [3.8, 4) is 0 Å². The second-order valence-electron chi connectivity index (χ2n) is 6.26. The van der Waals surface area contributed by atoms with E-state index in [1.54, 1.807) is 12.3 Å². The zero-order valence-electron chi connectivity index (χ0n) is 14.1. The van der Waals surface area contributed by atoms with Crippen molar-refractivity contribution < 1.29 is 9.21 Å². The van der Waals surface area contributed by atoms with Crippen LogP contribution >= 0.6 is 0 Å². The number of likely N-dealkylation sites (tertiary alicyclic amines) is 1. The molecule has 0 bridgehead atoms. The lowest BCUT2D eigenvalue weighted by Gasteiger charge is -2.25. The van der Waals surface area contributed by atoms with Gasteiger partial charge in [-0.1, -0.05) is 29.8 Å². The Bertz CT molecular complexity index is 668. The van der Waals surface area contributed by atoms with Crippen LogP contribution in [0, 0.1) is 6.92 Å². The number of nitrogens with zero attached hydrogens (tertiary/aromatic N) is 1. The van der Waals surface area contributed by atoms with Crippen molar-refractivity contribution in [1.82, 2.24) is 10.2 Å². The minimum atomic E-state index is -0.0775. The first kappa shape index (κ1) is 16.5. The molecule has 4 nitrogen and oxygen atoms in total. The number of benzene rings is 1. The van der Waals surface area contributed by atoms with Gasteiger partial charge in [-0.05, 0) is 56.6 Å². The van der Waals surface area contributed by atoms with Gasteiger partial charge in [0.1, 0.15) is 5.76 Å². The predicted molar refractivity (Wildman–Crippen MR) is 95.5 cm³/mol. The normalized spacial score (nSPS) is 16.5. The molecule has 2 heterocycles. The molecule has 1 aromatic carbocycles. The molecule has 0 spiro atoms. The van der Waals surface area contributed by atoms with Crippen LogP contribution in [0.3, 0.4) is 0 Å². The average Bonchev–Trinajstić information content (AvgIpc) is 3.29. The maximum absolute atomic E-state index is 12.1. The molecule has 1 aliphatic heterocycles. The van der Waals surface area contributed by atoms with Gasteiger partial charge in [0.15, 0.2) is 0 Å². The zero-order valence-corrected chi connectivity index (χ0v) is 14.1. The Morgan fingerprint density at radius 2 is 2.00 bits per heavy atom. The van der Waals surface area contributed by atoms with E-state index in [2.05, 4.69) is 10.2 Å². The molecule has 0 aliphatic carbocycles. The van der Waals surface area contributed by atoms with Gasteiger partial charge in [-0.3, -0.25) is 9.69 Å². The Morgan fingerprint density at radius 3 is 2.67 bits per heavy atom. The topological polar surface area (TPSA) is 45.5 Å². The van der Waals surface area contributed by atoms with Crippen molar-refractivity contribution in [2.45, 2.75) is 25.8 Å². The molecule has 2 aromatic rings. The molecule has 1 amide bonds. The summed E-state index contributed by atoms with van der Waals surface area (Å²) in [6.07, 6.45) is 7.54. The number of furan rings is 1. The molecule has 1 fully saturated rings. The molecule has 126 valence electrons. The number of rotatable bonds is 6. The first-order valence-corrected chi connectivity index (χ1v) is 8.52. The molecule has 1 N–H and O–H groups in total. The fraction of sp³-hybridized carbons (Fsp3) is 0.350. The van der Waals surface area contributed by atoms with Gasteiger partial charge in [0.2, 0.25) is 5.91 Å². The smallest absolute Gasteiger partial charge is 0.244 e. The van der Waals surface area contributed by atoms with E-state index in [0.29, 0.717) is 6.54 Å². The molecule has 1 unspecified atom stereocenters. The van der Waals surface area contributed by atoms with Crippen LogP contribution in [0.4, 0.5) is 0 Å². The molecule has 1 atom stereocenters. The number of aryl methyl sites for hydroxylation is 1. The summed E-state index contributed by atoms with van der Waals surface area (Å²) < 4.78 is 5.57. The molecular weight excluding hydrogens is 300 g/mol. The van der Waals surface area contributed by atoms with Gasteiger partial charge in [0.05, 0.1) is 12.3 Å². The summed E-state index contributed by atoms with van der Waals surface area (Å²) in [6, 6.07) is 12.1. The highest BCUT2D eigenvalue weighted by molar-refractivity contribution is 5.91. The molecule has 1 aliphatic rings. The maximum atomic E-state index is 12.1. The predicted octanol–water partition coefficient (Wildman–Crippen LogP) is 3.55. The third kappa shape index (κ3) is 4.36. The van der Waals surface area contributed by atoms with Gasteiger partial charge in [-0.15, -0.1) is 0 Å². The molecule has 0 saturated carbocycles. The second kappa shape index (κ2) is 7.97. The lowest BCUT2D eigenvalue weighted by atomic mass is 10.1. The third-order valence-corrected chi connectivity index (χ3v) is 4.43. The zero-order chi connectivity index (χ0) is 16.8. The van der Waals surface area contributed by atoms with Gasteiger partial charge in [0, 0.05) is 12.6 Å². The minimum absolute atomic E-state index is 0.0775. The van der Waals surface area contributed by atoms with Gasteiger partial charge >= 0.3 is 0 Å². The van der Waals surface area contributed by atoms with Crippen molar-refractivity contribution >= 4 is 12.0 Å². The van der Waals surface area contributed by atoms with Crippen LogP contribution in [0.1, 0.15) is 35.8 Å². The van der Waals surface area contributed by atoms with Crippen molar-refractivity contribution in [1.29, 1.82) is 0 Å². The van der Waals surface area contributed by atoms with E-state index in [4.69, 9.17) is 4.42 Å². The summed E-state index contributed by atoms with van der Waals surface area (Å²) in [4.78, 5) is 14.5. The van der Waals surface area contributed by atoms with Gasteiger partial charge in [0.25, 0.3) is 0 Å². The summed E-state index contributed by atoms with van der Waals surface area (Å²) in [5, 5.41) is 3.00. The van der Waals surface area contributed by atoms with Crippen molar-refractivity contribution in [3.05, 3.63) is 65.6 Å².